The zero-order valence-electron chi connectivity index (χ0n) is 23.1. The summed E-state index contributed by atoms with van der Waals surface area (Å²) >= 11 is 17.9. The second-order valence-corrected chi connectivity index (χ2v) is 13.5. The van der Waals surface area contributed by atoms with Crippen molar-refractivity contribution in [1.82, 2.24) is 4.90 Å². The Morgan fingerprint density at radius 2 is 1.65 bits per heavy atom. The number of amides is 4. The van der Waals surface area contributed by atoms with Gasteiger partial charge in [-0.1, -0.05) is 77.0 Å². The van der Waals surface area contributed by atoms with E-state index in [-0.39, 0.29) is 35.9 Å². The van der Waals surface area contributed by atoms with Gasteiger partial charge in [-0.15, -0.1) is 23.2 Å². The molecule has 3 aromatic rings. The first-order chi connectivity index (χ1) is 20.6. The van der Waals surface area contributed by atoms with E-state index in [0.717, 1.165) is 22.3 Å². The average molecular weight is 682 g/mol. The summed E-state index contributed by atoms with van der Waals surface area (Å²) in [6.07, 6.45) is 2.84. The Hall–Kier alpha value is -3.20. The van der Waals surface area contributed by atoms with Crippen molar-refractivity contribution in [2.24, 2.45) is 17.8 Å². The van der Waals surface area contributed by atoms with Gasteiger partial charge < -0.3 is 5.11 Å². The van der Waals surface area contributed by atoms with Crippen molar-refractivity contribution in [1.29, 1.82) is 0 Å². The number of phenolic OH excluding ortho intramolecular Hbond substituents is 1. The molecule has 10 heteroatoms. The quantitative estimate of drug-likeness (QED) is 0.157. The lowest BCUT2D eigenvalue weighted by Crippen LogP contribution is -2.60. The Morgan fingerprint density at radius 1 is 0.930 bits per heavy atom. The highest BCUT2D eigenvalue weighted by Gasteiger charge is 2.76. The van der Waals surface area contributed by atoms with Gasteiger partial charge in [-0.25, -0.2) is 0 Å². The van der Waals surface area contributed by atoms with Gasteiger partial charge in [0.05, 0.1) is 23.0 Å². The van der Waals surface area contributed by atoms with Crippen LogP contribution in [0.4, 0.5) is 5.69 Å². The number of aromatic hydroxyl groups is 1. The summed E-state index contributed by atoms with van der Waals surface area (Å²) in [5.74, 6) is -5.29. The number of allylic oxidation sites excluding steroid dienone is 2. The number of anilines is 1. The molecule has 4 amide bonds. The summed E-state index contributed by atoms with van der Waals surface area (Å²) in [5, 5.41) is 12.8. The van der Waals surface area contributed by atoms with E-state index in [2.05, 4.69) is 15.9 Å². The van der Waals surface area contributed by atoms with Gasteiger partial charge in [0, 0.05) is 11.5 Å². The van der Waals surface area contributed by atoms with Crippen LogP contribution < -0.4 is 4.90 Å². The van der Waals surface area contributed by atoms with Crippen molar-refractivity contribution in [3.63, 3.8) is 0 Å². The van der Waals surface area contributed by atoms with Gasteiger partial charge >= 0.3 is 0 Å². The molecule has 0 radical (unpaired) electrons. The Labute approximate surface area is 266 Å². The lowest BCUT2D eigenvalue weighted by molar-refractivity contribution is -0.138. The number of alkyl halides is 3. The van der Waals surface area contributed by atoms with Crippen LogP contribution in [-0.4, -0.2) is 48.8 Å². The summed E-state index contributed by atoms with van der Waals surface area (Å²) < 4.78 is 0. The number of hydrogen-bond donors (Lipinski definition) is 1. The molecule has 1 N–H and O–H groups in total. The van der Waals surface area contributed by atoms with Crippen molar-refractivity contribution in [2.45, 2.75) is 41.9 Å². The molecule has 3 fully saturated rings. The van der Waals surface area contributed by atoms with E-state index < -0.39 is 45.2 Å². The van der Waals surface area contributed by atoms with Crippen molar-refractivity contribution < 1.29 is 24.3 Å². The number of phenols is 1. The fourth-order valence-corrected chi connectivity index (χ4v) is 9.20. The Morgan fingerprint density at radius 3 is 2.35 bits per heavy atom. The molecule has 2 aliphatic carbocycles. The van der Waals surface area contributed by atoms with Crippen LogP contribution in [0.2, 0.25) is 0 Å². The number of carbonyl (C=O) groups is 4. The van der Waals surface area contributed by atoms with E-state index in [0.29, 0.717) is 22.2 Å². The van der Waals surface area contributed by atoms with Crippen molar-refractivity contribution in [3.8, 4) is 5.75 Å². The molecule has 6 atom stereocenters. The fraction of sp³-hybridized carbons (Fsp3) is 0.333. The summed E-state index contributed by atoms with van der Waals surface area (Å²) in [4.78, 5) is 54.3. The summed E-state index contributed by atoms with van der Waals surface area (Å²) in [7, 11) is 0. The largest absolute Gasteiger partial charge is 0.508 e. The summed E-state index contributed by atoms with van der Waals surface area (Å²) in [6, 6.07) is 18.0. The normalized spacial score (nSPS) is 31.8. The number of benzene rings is 3. The molecule has 1 saturated carbocycles. The third kappa shape index (κ3) is 3.66. The molecule has 4 aliphatic rings. The van der Waals surface area contributed by atoms with Crippen LogP contribution in [0.1, 0.15) is 36.8 Å². The lowest BCUT2D eigenvalue weighted by atomic mass is 9.56. The third-order valence-corrected chi connectivity index (χ3v) is 11.8. The fourth-order valence-electron chi connectivity index (χ4n) is 7.79. The Balaban J connectivity index is 1.43. The zero-order chi connectivity index (χ0) is 30.4. The van der Waals surface area contributed by atoms with Crippen LogP contribution >= 0.6 is 39.1 Å². The number of aryl methyl sites for hydroxylation is 1. The maximum Gasteiger partial charge on any atom is 0.254 e. The third-order valence-electron chi connectivity index (χ3n) is 9.85. The molecule has 7 nitrogen and oxygen atoms in total. The molecule has 0 aromatic heterocycles. The molecular formula is C33H27BrCl2N2O5. The van der Waals surface area contributed by atoms with E-state index in [1.807, 2.05) is 49.4 Å². The summed E-state index contributed by atoms with van der Waals surface area (Å²) in [6.45, 7) is 2.03. The number of nitrogens with zero attached hydrogens (tertiary/aromatic N) is 2. The maximum atomic E-state index is 14.2. The van der Waals surface area contributed by atoms with Gasteiger partial charge in [0.2, 0.25) is 11.8 Å². The minimum atomic E-state index is -1.99. The van der Waals surface area contributed by atoms with Gasteiger partial charge in [-0.2, -0.15) is 0 Å². The minimum absolute atomic E-state index is 0.101. The Bertz CT molecular complexity index is 1780. The van der Waals surface area contributed by atoms with Crippen molar-refractivity contribution in [2.75, 3.05) is 10.4 Å². The number of halogens is 3. The molecule has 2 heterocycles. The van der Waals surface area contributed by atoms with Gasteiger partial charge in [0.15, 0.2) is 9.75 Å². The topological polar surface area (TPSA) is 95.0 Å². The molecule has 220 valence electrons. The van der Waals surface area contributed by atoms with Crippen LogP contribution in [0.25, 0.3) is 10.8 Å². The lowest BCUT2D eigenvalue weighted by Gasteiger charge is -2.51. The molecule has 6 unspecified atom stereocenters. The number of hydrogen-bond acceptors (Lipinski definition) is 5. The average Bonchev–Trinajstić information content (AvgIpc) is 3.35. The predicted octanol–water partition coefficient (Wildman–Crippen LogP) is 6.02. The van der Waals surface area contributed by atoms with Gasteiger partial charge in [-0.05, 0) is 59.7 Å². The van der Waals surface area contributed by atoms with E-state index in [4.69, 9.17) is 23.2 Å². The predicted molar refractivity (Wildman–Crippen MR) is 167 cm³/mol. The van der Waals surface area contributed by atoms with Gasteiger partial charge in [-0.3, -0.25) is 29.0 Å². The summed E-state index contributed by atoms with van der Waals surface area (Å²) in [5.41, 5.74) is 2.47. The van der Waals surface area contributed by atoms with Crippen LogP contribution in [0, 0.1) is 17.8 Å². The molecule has 0 bridgehead atoms. The first kappa shape index (κ1) is 28.6. The van der Waals surface area contributed by atoms with Gasteiger partial charge in [0.25, 0.3) is 11.8 Å². The molecule has 2 aliphatic heterocycles. The first-order valence-electron chi connectivity index (χ1n) is 14.3. The smallest absolute Gasteiger partial charge is 0.254 e. The molecule has 7 rings (SSSR count). The Kier molecular flexibility index (Phi) is 6.58. The van der Waals surface area contributed by atoms with Crippen LogP contribution in [0.15, 0.2) is 72.3 Å². The SMILES string of the molecule is CCc1ccc(N2C(=O)C3CC=C4C(CC5(Cl)C(=O)N(CBr)C(=O)C5(Cl)C4c4c(O)ccc5ccccc45)C3C2=O)cc1. The number of carbonyl (C=O) groups excluding carboxylic acids is 4. The van der Waals surface area contributed by atoms with Crippen LogP contribution in [0.5, 0.6) is 5.75 Å². The molecule has 0 spiro atoms. The standard InChI is InChI=1S/C33H27BrCl2N2O5/c1-2-17-7-10-19(11-8-17)38-28(40)22-13-12-21-23(25(22)29(38)41)15-32(35)30(42)37(16-34)31(43)33(32,36)27(21)26-20-6-4-3-5-18(20)9-14-24(26)39/h3-12,14,22-23,25,27,39H,2,13,15-16H2,1H3. The van der Waals surface area contributed by atoms with Crippen LogP contribution in [-0.2, 0) is 25.6 Å². The number of rotatable bonds is 4. The van der Waals surface area contributed by atoms with E-state index in [9.17, 15) is 24.3 Å². The van der Waals surface area contributed by atoms with E-state index in [1.54, 1.807) is 24.3 Å². The number of likely N-dealkylation sites (tertiary alicyclic amines) is 1. The number of fused-ring (bicyclic) bond motifs is 5. The minimum Gasteiger partial charge on any atom is -0.508 e. The second-order valence-electron chi connectivity index (χ2n) is 11.7. The second kappa shape index (κ2) is 9.91. The van der Waals surface area contributed by atoms with E-state index >= 15 is 0 Å². The maximum absolute atomic E-state index is 14.2. The molecular weight excluding hydrogens is 655 g/mol. The highest BCUT2D eigenvalue weighted by molar-refractivity contribution is 9.09. The van der Waals surface area contributed by atoms with E-state index in [1.165, 1.54) is 4.90 Å². The van der Waals surface area contributed by atoms with Crippen LogP contribution in [0.3, 0.4) is 0 Å². The van der Waals surface area contributed by atoms with Crippen molar-refractivity contribution in [3.05, 3.63) is 83.4 Å². The highest BCUT2D eigenvalue weighted by Crippen LogP contribution is 2.66. The monoisotopic (exact) mass is 680 g/mol. The molecule has 43 heavy (non-hydrogen) atoms. The zero-order valence-corrected chi connectivity index (χ0v) is 26.2. The first-order valence-corrected chi connectivity index (χ1v) is 16.1. The van der Waals surface area contributed by atoms with Crippen molar-refractivity contribution >= 4 is 79.2 Å². The molecule has 3 aromatic carbocycles. The van der Waals surface area contributed by atoms with Gasteiger partial charge in [0.1, 0.15) is 5.75 Å². The number of imide groups is 2. The highest BCUT2D eigenvalue weighted by atomic mass is 79.9. The molecule has 2 saturated heterocycles.